The summed E-state index contributed by atoms with van der Waals surface area (Å²) >= 11 is 0. The van der Waals surface area contributed by atoms with Crippen molar-refractivity contribution in [3.8, 4) is 0 Å². The lowest BCUT2D eigenvalue weighted by Crippen LogP contribution is -2.38. The number of carbonyl (C=O) groups excluding carboxylic acids is 2. The number of rotatable bonds is 9. The smallest absolute Gasteiger partial charge is 0.234 e. The monoisotopic (exact) mass is 317 g/mol. The molecule has 1 N–H and O–H groups in total. The maximum absolute atomic E-state index is 12.0. The van der Waals surface area contributed by atoms with Gasteiger partial charge in [-0.2, -0.15) is 0 Å². The van der Waals surface area contributed by atoms with Crippen LogP contribution in [-0.2, 0) is 16.1 Å². The quantitative estimate of drug-likeness (QED) is 0.705. The van der Waals surface area contributed by atoms with Gasteiger partial charge in [0.2, 0.25) is 11.8 Å². The molecule has 0 spiro atoms. The van der Waals surface area contributed by atoms with E-state index >= 15 is 0 Å². The minimum absolute atomic E-state index is 0.0514. The Morgan fingerprint density at radius 3 is 2.74 bits per heavy atom. The zero-order valence-electron chi connectivity index (χ0n) is 14.0. The molecule has 0 aromatic heterocycles. The first-order chi connectivity index (χ1) is 11.2. The van der Waals surface area contributed by atoms with Gasteiger partial charge in [0.05, 0.1) is 6.54 Å². The second-order valence-electron chi connectivity index (χ2n) is 5.98. The van der Waals surface area contributed by atoms with Gasteiger partial charge in [0.25, 0.3) is 0 Å². The van der Waals surface area contributed by atoms with Crippen molar-refractivity contribution in [3.63, 3.8) is 0 Å². The molecule has 5 heteroatoms. The summed E-state index contributed by atoms with van der Waals surface area (Å²) in [6.07, 6.45) is 2.47. The normalized spacial score (nSPS) is 14.5. The number of hydrogen-bond donors (Lipinski definition) is 1. The number of benzene rings is 1. The summed E-state index contributed by atoms with van der Waals surface area (Å²) in [6, 6.07) is 10.2. The summed E-state index contributed by atoms with van der Waals surface area (Å²) in [4.78, 5) is 27.5. The summed E-state index contributed by atoms with van der Waals surface area (Å²) < 4.78 is 0. The van der Waals surface area contributed by atoms with Crippen LogP contribution in [0.2, 0.25) is 0 Å². The van der Waals surface area contributed by atoms with Gasteiger partial charge in [-0.25, -0.2) is 0 Å². The third-order valence-corrected chi connectivity index (χ3v) is 4.16. The molecule has 1 fully saturated rings. The minimum atomic E-state index is 0.0514. The third-order valence-electron chi connectivity index (χ3n) is 4.16. The highest BCUT2D eigenvalue weighted by atomic mass is 16.2. The van der Waals surface area contributed by atoms with Crippen LogP contribution in [0.1, 0.15) is 31.7 Å². The van der Waals surface area contributed by atoms with Crippen LogP contribution in [0.25, 0.3) is 0 Å². The Morgan fingerprint density at radius 1 is 1.30 bits per heavy atom. The van der Waals surface area contributed by atoms with Crippen LogP contribution < -0.4 is 5.32 Å². The molecule has 5 nitrogen and oxygen atoms in total. The Hall–Kier alpha value is -1.88. The van der Waals surface area contributed by atoms with Crippen LogP contribution in [0.5, 0.6) is 0 Å². The molecule has 0 bridgehead atoms. The van der Waals surface area contributed by atoms with E-state index in [4.69, 9.17) is 0 Å². The maximum atomic E-state index is 12.0. The van der Waals surface area contributed by atoms with Gasteiger partial charge >= 0.3 is 0 Å². The van der Waals surface area contributed by atoms with Crippen molar-refractivity contribution >= 4 is 11.8 Å². The van der Waals surface area contributed by atoms with Crippen LogP contribution in [0.15, 0.2) is 30.3 Å². The second-order valence-corrected chi connectivity index (χ2v) is 5.98. The standard InChI is InChI=1S/C18H27N3O2/c1-2-20(14-16-8-4-3-5-9-16)15-17(22)19-11-7-13-21-12-6-10-18(21)23/h3-5,8-9H,2,6-7,10-15H2,1H3,(H,19,22). The Morgan fingerprint density at radius 2 is 2.09 bits per heavy atom. The van der Waals surface area contributed by atoms with Crippen molar-refractivity contribution in [2.24, 2.45) is 0 Å². The first-order valence-corrected chi connectivity index (χ1v) is 8.49. The summed E-state index contributed by atoms with van der Waals surface area (Å²) in [6.45, 7) is 6.35. The fraction of sp³-hybridized carbons (Fsp3) is 0.556. The molecule has 1 saturated heterocycles. The van der Waals surface area contributed by atoms with E-state index in [2.05, 4.69) is 29.3 Å². The SMILES string of the molecule is CCN(CC(=O)NCCCN1CCCC1=O)Cc1ccccc1. The average molecular weight is 317 g/mol. The lowest BCUT2D eigenvalue weighted by molar-refractivity contribution is -0.127. The number of likely N-dealkylation sites (N-methyl/N-ethyl adjacent to an activating group) is 1. The van der Waals surface area contributed by atoms with E-state index in [9.17, 15) is 9.59 Å². The van der Waals surface area contributed by atoms with Crippen molar-refractivity contribution in [2.75, 3.05) is 32.7 Å². The molecule has 1 aromatic carbocycles. The number of likely N-dealkylation sites (tertiary alicyclic amines) is 1. The van der Waals surface area contributed by atoms with E-state index in [0.29, 0.717) is 19.5 Å². The molecular formula is C18H27N3O2. The van der Waals surface area contributed by atoms with Gasteiger partial charge in [-0.05, 0) is 24.9 Å². The summed E-state index contributed by atoms with van der Waals surface area (Å²) in [7, 11) is 0. The predicted molar refractivity (Wildman–Crippen MR) is 90.8 cm³/mol. The highest BCUT2D eigenvalue weighted by Gasteiger charge is 2.19. The first kappa shape index (κ1) is 17.5. The van der Waals surface area contributed by atoms with Crippen LogP contribution >= 0.6 is 0 Å². The zero-order valence-corrected chi connectivity index (χ0v) is 14.0. The molecule has 1 aliphatic rings. The molecule has 0 unspecified atom stereocenters. The van der Waals surface area contributed by atoms with Crippen LogP contribution in [0.4, 0.5) is 0 Å². The van der Waals surface area contributed by atoms with Crippen molar-refractivity contribution in [1.82, 2.24) is 15.1 Å². The van der Waals surface area contributed by atoms with E-state index in [1.807, 2.05) is 23.1 Å². The molecular weight excluding hydrogens is 290 g/mol. The molecule has 0 radical (unpaired) electrons. The lowest BCUT2D eigenvalue weighted by atomic mass is 10.2. The fourth-order valence-electron chi connectivity index (χ4n) is 2.82. The number of nitrogens with one attached hydrogen (secondary N) is 1. The van der Waals surface area contributed by atoms with Crippen LogP contribution in [0.3, 0.4) is 0 Å². The van der Waals surface area contributed by atoms with Crippen molar-refractivity contribution in [1.29, 1.82) is 0 Å². The predicted octanol–water partition coefficient (Wildman–Crippen LogP) is 1.64. The van der Waals surface area contributed by atoms with Gasteiger partial charge in [0.1, 0.15) is 0 Å². The summed E-state index contributed by atoms with van der Waals surface area (Å²) in [5, 5.41) is 2.95. The van der Waals surface area contributed by atoms with Gasteiger partial charge in [0.15, 0.2) is 0 Å². The van der Waals surface area contributed by atoms with Crippen molar-refractivity contribution in [3.05, 3.63) is 35.9 Å². The summed E-state index contributed by atoms with van der Waals surface area (Å²) in [5.74, 6) is 0.298. The van der Waals surface area contributed by atoms with Gasteiger partial charge in [-0.3, -0.25) is 14.5 Å². The third kappa shape index (κ3) is 6.02. The molecule has 1 heterocycles. The molecule has 2 amide bonds. The Kier molecular flexibility index (Phi) is 7.07. The van der Waals surface area contributed by atoms with Gasteiger partial charge in [-0.15, -0.1) is 0 Å². The molecule has 0 saturated carbocycles. The van der Waals surface area contributed by atoms with Crippen molar-refractivity contribution < 1.29 is 9.59 Å². The molecule has 2 rings (SSSR count). The van der Waals surface area contributed by atoms with Crippen molar-refractivity contribution in [2.45, 2.75) is 32.7 Å². The lowest BCUT2D eigenvalue weighted by Gasteiger charge is -2.20. The largest absolute Gasteiger partial charge is 0.355 e. The Labute approximate surface area is 138 Å². The first-order valence-electron chi connectivity index (χ1n) is 8.49. The Bertz CT molecular complexity index is 504. The van der Waals surface area contributed by atoms with E-state index in [0.717, 1.165) is 39.0 Å². The number of hydrogen-bond acceptors (Lipinski definition) is 3. The number of carbonyl (C=O) groups is 2. The molecule has 0 aliphatic carbocycles. The molecule has 1 aromatic rings. The topological polar surface area (TPSA) is 52.7 Å². The molecule has 1 aliphatic heterocycles. The number of nitrogens with zero attached hydrogens (tertiary/aromatic N) is 2. The zero-order chi connectivity index (χ0) is 16.5. The molecule has 23 heavy (non-hydrogen) atoms. The fourth-order valence-corrected chi connectivity index (χ4v) is 2.82. The van der Waals surface area contributed by atoms with Crippen LogP contribution in [-0.4, -0.2) is 54.3 Å². The van der Waals surface area contributed by atoms with E-state index in [1.165, 1.54) is 5.56 Å². The van der Waals surface area contributed by atoms with Gasteiger partial charge in [-0.1, -0.05) is 37.3 Å². The van der Waals surface area contributed by atoms with Crippen LogP contribution in [0, 0.1) is 0 Å². The van der Waals surface area contributed by atoms with E-state index < -0.39 is 0 Å². The van der Waals surface area contributed by atoms with E-state index in [-0.39, 0.29) is 11.8 Å². The average Bonchev–Trinajstić information content (AvgIpc) is 2.97. The number of amides is 2. The highest BCUT2D eigenvalue weighted by molar-refractivity contribution is 5.78. The second kappa shape index (κ2) is 9.30. The van der Waals surface area contributed by atoms with Gasteiger partial charge < -0.3 is 10.2 Å². The molecule has 0 atom stereocenters. The molecule has 126 valence electrons. The highest BCUT2D eigenvalue weighted by Crippen LogP contribution is 2.09. The minimum Gasteiger partial charge on any atom is -0.355 e. The van der Waals surface area contributed by atoms with Gasteiger partial charge in [0, 0.05) is 32.6 Å². The summed E-state index contributed by atoms with van der Waals surface area (Å²) in [5.41, 5.74) is 1.22. The van der Waals surface area contributed by atoms with E-state index in [1.54, 1.807) is 0 Å². The maximum Gasteiger partial charge on any atom is 0.234 e. The Balaban J connectivity index is 1.63.